The second kappa shape index (κ2) is 4.73. The first kappa shape index (κ1) is 11.6. The molecule has 1 aromatic carbocycles. The van der Waals surface area contributed by atoms with Gasteiger partial charge in [0.15, 0.2) is 5.58 Å². The maximum atomic E-state index is 5.72. The van der Waals surface area contributed by atoms with Crippen molar-refractivity contribution in [3.8, 4) is 0 Å². The number of nitrogens with one attached hydrogen (secondary N) is 2. The molecule has 3 aromatic rings. The van der Waals surface area contributed by atoms with E-state index in [1.165, 1.54) is 0 Å². The van der Waals surface area contributed by atoms with E-state index in [0.717, 1.165) is 48.2 Å². The van der Waals surface area contributed by atoms with Gasteiger partial charge in [-0.3, -0.25) is 5.43 Å². The molecule has 0 saturated carbocycles. The van der Waals surface area contributed by atoms with E-state index in [1.54, 1.807) is 6.20 Å². The molecule has 102 valence electrons. The third-order valence-electron chi connectivity index (χ3n) is 3.49. The van der Waals surface area contributed by atoms with Crippen LogP contribution in [0.5, 0.6) is 0 Å². The average molecular weight is 269 g/mol. The maximum Gasteiger partial charge on any atom is 0.238 e. The fourth-order valence-corrected chi connectivity index (χ4v) is 2.48. The fourth-order valence-electron chi connectivity index (χ4n) is 2.48. The minimum absolute atomic E-state index is 0.617. The Morgan fingerprint density at radius 3 is 2.90 bits per heavy atom. The van der Waals surface area contributed by atoms with Crippen molar-refractivity contribution in [2.75, 3.05) is 31.6 Å². The highest BCUT2D eigenvalue weighted by Crippen LogP contribution is 2.26. The largest absolute Gasteiger partial charge is 0.453 e. The van der Waals surface area contributed by atoms with Crippen LogP contribution in [0.3, 0.4) is 0 Å². The smallest absolute Gasteiger partial charge is 0.238 e. The summed E-state index contributed by atoms with van der Waals surface area (Å²) in [5.41, 5.74) is 5.67. The van der Waals surface area contributed by atoms with Gasteiger partial charge in [-0.05, 0) is 12.1 Å². The molecule has 20 heavy (non-hydrogen) atoms. The number of hydrogen-bond donors (Lipinski definition) is 2. The third-order valence-corrected chi connectivity index (χ3v) is 3.49. The molecule has 4 rings (SSSR count). The van der Waals surface area contributed by atoms with Gasteiger partial charge >= 0.3 is 0 Å². The Balaban J connectivity index is 1.71. The minimum Gasteiger partial charge on any atom is -0.453 e. The first-order chi connectivity index (χ1) is 9.90. The summed E-state index contributed by atoms with van der Waals surface area (Å²) < 4.78 is 5.72. The predicted octanol–water partition coefficient (Wildman–Crippen LogP) is 1.61. The van der Waals surface area contributed by atoms with Gasteiger partial charge in [-0.1, -0.05) is 12.1 Å². The molecule has 2 N–H and O–H groups in total. The number of fused-ring (bicyclic) bond motifs is 3. The van der Waals surface area contributed by atoms with Crippen LogP contribution >= 0.6 is 0 Å². The van der Waals surface area contributed by atoms with E-state index in [4.69, 9.17) is 4.42 Å². The van der Waals surface area contributed by atoms with Gasteiger partial charge in [0, 0.05) is 31.6 Å². The molecule has 0 unspecified atom stereocenters. The zero-order chi connectivity index (χ0) is 13.4. The lowest BCUT2D eigenvalue weighted by molar-refractivity contribution is 0.285. The maximum absolute atomic E-state index is 5.72. The number of para-hydroxylation sites is 1. The van der Waals surface area contributed by atoms with Crippen LogP contribution in [-0.2, 0) is 0 Å². The van der Waals surface area contributed by atoms with Crippen molar-refractivity contribution in [1.82, 2.24) is 20.3 Å². The summed E-state index contributed by atoms with van der Waals surface area (Å²) in [6.07, 6.45) is 1.73. The summed E-state index contributed by atoms with van der Waals surface area (Å²) in [4.78, 5) is 8.90. The highest BCUT2D eigenvalue weighted by atomic mass is 16.3. The first-order valence-electron chi connectivity index (χ1n) is 6.77. The molecule has 1 aliphatic rings. The Morgan fingerprint density at radius 2 is 2.00 bits per heavy atom. The standard InChI is InChI=1S/C14H15N5O/c1-2-4-11-10(3-1)13-12(20-11)9-16-14(17-13)18-19-7-5-15-6-8-19/h1-4,9,15H,5-8H2,(H,16,17,18). The number of hydrogen-bond acceptors (Lipinski definition) is 6. The van der Waals surface area contributed by atoms with Crippen LogP contribution in [0.2, 0.25) is 0 Å². The van der Waals surface area contributed by atoms with Gasteiger partial charge < -0.3 is 9.73 Å². The van der Waals surface area contributed by atoms with Crippen LogP contribution in [0.1, 0.15) is 0 Å². The van der Waals surface area contributed by atoms with Crippen LogP contribution in [0.4, 0.5) is 5.95 Å². The number of aromatic nitrogens is 2. The summed E-state index contributed by atoms with van der Waals surface area (Å²) in [6, 6.07) is 7.91. The van der Waals surface area contributed by atoms with E-state index in [-0.39, 0.29) is 0 Å². The quantitative estimate of drug-likeness (QED) is 0.737. The molecule has 0 amide bonds. The molecule has 0 spiro atoms. The van der Waals surface area contributed by atoms with Crippen molar-refractivity contribution < 1.29 is 4.42 Å². The molecule has 1 aliphatic heterocycles. The summed E-state index contributed by atoms with van der Waals surface area (Å²) in [5, 5.41) is 6.46. The molecule has 6 nitrogen and oxygen atoms in total. The zero-order valence-corrected chi connectivity index (χ0v) is 11.0. The Kier molecular flexibility index (Phi) is 2.75. The van der Waals surface area contributed by atoms with Crippen LogP contribution in [0, 0.1) is 0 Å². The Labute approximate surface area is 115 Å². The van der Waals surface area contributed by atoms with Crippen molar-refractivity contribution in [2.24, 2.45) is 0 Å². The lowest BCUT2D eigenvalue weighted by Gasteiger charge is -2.27. The van der Waals surface area contributed by atoms with E-state index < -0.39 is 0 Å². The number of nitrogens with zero attached hydrogens (tertiary/aromatic N) is 3. The van der Waals surface area contributed by atoms with Gasteiger partial charge in [0.25, 0.3) is 0 Å². The van der Waals surface area contributed by atoms with E-state index in [0.29, 0.717) is 5.95 Å². The monoisotopic (exact) mass is 269 g/mol. The van der Waals surface area contributed by atoms with Crippen molar-refractivity contribution >= 4 is 28.0 Å². The number of anilines is 1. The first-order valence-corrected chi connectivity index (χ1v) is 6.77. The molecule has 1 saturated heterocycles. The fraction of sp³-hybridized carbons (Fsp3) is 0.286. The molecule has 0 bridgehead atoms. The van der Waals surface area contributed by atoms with Crippen molar-refractivity contribution in [3.05, 3.63) is 30.5 Å². The Bertz CT molecular complexity index is 747. The molecule has 3 heterocycles. The molecule has 0 radical (unpaired) electrons. The van der Waals surface area contributed by atoms with Crippen LogP contribution in [0.15, 0.2) is 34.9 Å². The van der Waals surface area contributed by atoms with Crippen LogP contribution < -0.4 is 10.7 Å². The van der Waals surface area contributed by atoms with Gasteiger partial charge in [0.1, 0.15) is 11.1 Å². The van der Waals surface area contributed by atoms with Crippen LogP contribution in [0.25, 0.3) is 22.1 Å². The molecule has 0 aliphatic carbocycles. The van der Waals surface area contributed by atoms with Gasteiger partial charge in [-0.15, -0.1) is 0 Å². The molecule has 2 aromatic heterocycles. The summed E-state index contributed by atoms with van der Waals surface area (Å²) in [7, 11) is 0. The molecule has 0 atom stereocenters. The number of rotatable bonds is 2. The van der Waals surface area contributed by atoms with E-state index in [1.807, 2.05) is 24.3 Å². The predicted molar refractivity (Wildman–Crippen MR) is 77.4 cm³/mol. The lowest BCUT2D eigenvalue weighted by atomic mass is 10.2. The Morgan fingerprint density at radius 1 is 1.15 bits per heavy atom. The highest BCUT2D eigenvalue weighted by Gasteiger charge is 2.13. The Hall–Kier alpha value is -2.18. The van der Waals surface area contributed by atoms with Gasteiger partial charge in [0.2, 0.25) is 5.95 Å². The van der Waals surface area contributed by atoms with Crippen LogP contribution in [-0.4, -0.2) is 41.2 Å². The van der Waals surface area contributed by atoms with Gasteiger partial charge in [-0.2, -0.15) is 0 Å². The summed E-state index contributed by atoms with van der Waals surface area (Å²) >= 11 is 0. The molecular formula is C14H15N5O. The number of furan rings is 1. The topological polar surface area (TPSA) is 66.2 Å². The van der Waals surface area contributed by atoms with Gasteiger partial charge in [0.05, 0.1) is 6.20 Å². The van der Waals surface area contributed by atoms with E-state index in [2.05, 4.69) is 25.7 Å². The van der Waals surface area contributed by atoms with E-state index in [9.17, 15) is 0 Å². The highest BCUT2D eigenvalue weighted by molar-refractivity contribution is 6.02. The zero-order valence-electron chi connectivity index (χ0n) is 11.0. The van der Waals surface area contributed by atoms with Crippen molar-refractivity contribution in [2.45, 2.75) is 0 Å². The molecule has 1 fully saturated rings. The number of hydrazine groups is 1. The second-order valence-electron chi connectivity index (χ2n) is 4.85. The normalized spacial score (nSPS) is 16.8. The van der Waals surface area contributed by atoms with Crippen molar-refractivity contribution in [1.29, 1.82) is 0 Å². The summed E-state index contributed by atoms with van der Waals surface area (Å²) in [5.74, 6) is 0.617. The van der Waals surface area contributed by atoms with E-state index >= 15 is 0 Å². The SMILES string of the molecule is c1ccc2c(c1)oc1cnc(NN3CCNCC3)nc12. The van der Waals surface area contributed by atoms with Gasteiger partial charge in [-0.25, -0.2) is 15.0 Å². The summed E-state index contributed by atoms with van der Waals surface area (Å²) in [6.45, 7) is 3.83. The lowest BCUT2D eigenvalue weighted by Crippen LogP contribution is -2.46. The molecule has 6 heteroatoms. The number of piperazine rings is 1. The average Bonchev–Trinajstić information content (AvgIpc) is 2.86. The second-order valence-corrected chi connectivity index (χ2v) is 4.85. The molecular weight excluding hydrogens is 254 g/mol. The number of benzene rings is 1. The minimum atomic E-state index is 0.617. The third kappa shape index (κ3) is 1.99. The van der Waals surface area contributed by atoms with Crippen molar-refractivity contribution in [3.63, 3.8) is 0 Å².